The predicted octanol–water partition coefficient (Wildman–Crippen LogP) is 0.745. The first-order chi connectivity index (χ1) is 10.0. The van der Waals surface area contributed by atoms with E-state index in [9.17, 15) is 9.90 Å². The van der Waals surface area contributed by atoms with Crippen LogP contribution in [0, 0.1) is 25.2 Å². The normalized spacial score (nSPS) is 18.1. The number of phenolic OH excluding ortho intramolecular Hbond substituents is 1. The minimum absolute atomic E-state index is 0.0746. The van der Waals surface area contributed by atoms with E-state index in [2.05, 4.69) is 16.7 Å². The van der Waals surface area contributed by atoms with E-state index in [1.54, 1.807) is 11.0 Å². The van der Waals surface area contributed by atoms with E-state index in [4.69, 9.17) is 5.26 Å². The van der Waals surface area contributed by atoms with Crippen molar-refractivity contribution in [1.29, 1.82) is 5.26 Å². The summed E-state index contributed by atoms with van der Waals surface area (Å²) in [6.45, 7) is 5.60. The Morgan fingerprint density at radius 2 is 2.24 bits per heavy atom. The molecule has 2 rings (SSSR count). The lowest BCUT2D eigenvalue weighted by Crippen LogP contribution is -2.53. The third-order valence-corrected chi connectivity index (χ3v) is 3.73. The van der Waals surface area contributed by atoms with Crippen molar-refractivity contribution < 1.29 is 9.90 Å². The van der Waals surface area contributed by atoms with Crippen LogP contribution in [-0.4, -0.2) is 48.1 Å². The van der Waals surface area contributed by atoms with Crippen LogP contribution in [-0.2, 0) is 4.79 Å². The van der Waals surface area contributed by atoms with Crippen LogP contribution in [0.2, 0.25) is 0 Å². The van der Waals surface area contributed by atoms with Crippen LogP contribution >= 0.6 is 0 Å². The van der Waals surface area contributed by atoms with Gasteiger partial charge in [0.05, 0.1) is 18.3 Å². The molecule has 0 aromatic heterocycles. The van der Waals surface area contributed by atoms with Crippen molar-refractivity contribution in [3.05, 3.63) is 23.3 Å². The molecule has 1 fully saturated rings. The van der Waals surface area contributed by atoms with Gasteiger partial charge in [-0.05, 0) is 37.1 Å². The van der Waals surface area contributed by atoms with Crippen LogP contribution in [0.5, 0.6) is 5.75 Å². The summed E-state index contributed by atoms with van der Waals surface area (Å²) in [7, 11) is 0. The van der Waals surface area contributed by atoms with Gasteiger partial charge < -0.3 is 15.3 Å². The van der Waals surface area contributed by atoms with Crippen molar-refractivity contribution in [2.45, 2.75) is 19.9 Å². The maximum atomic E-state index is 12.1. The Morgan fingerprint density at radius 3 is 2.95 bits per heavy atom. The summed E-state index contributed by atoms with van der Waals surface area (Å²) in [6.07, 6.45) is 0. The quantitative estimate of drug-likeness (QED) is 0.714. The Hall–Kier alpha value is -2.26. The topological polar surface area (TPSA) is 88.4 Å². The molecule has 1 aliphatic heterocycles. The molecule has 0 spiro atoms. The van der Waals surface area contributed by atoms with Crippen molar-refractivity contribution >= 4 is 11.6 Å². The van der Waals surface area contributed by atoms with Gasteiger partial charge in [0.15, 0.2) is 0 Å². The van der Waals surface area contributed by atoms with Gasteiger partial charge in [-0.1, -0.05) is 0 Å². The highest BCUT2D eigenvalue weighted by Crippen LogP contribution is 2.26. The molecule has 0 radical (unpaired) electrons. The highest BCUT2D eigenvalue weighted by molar-refractivity contribution is 5.81. The molecule has 0 saturated carbocycles. The minimum atomic E-state index is -0.308. The van der Waals surface area contributed by atoms with Gasteiger partial charge in [0.2, 0.25) is 5.91 Å². The Balaban J connectivity index is 1.95. The minimum Gasteiger partial charge on any atom is -0.506 e. The number of hydrogen-bond donors (Lipinski definition) is 3. The number of carbonyl (C=O) groups is 1. The Bertz CT molecular complexity index is 580. The first-order valence-corrected chi connectivity index (χ1v) is 6.96. The van der Waals surface area contributed by atoms with E-state index in [1.807, 2.05) is 19.9 Å². The number of nitrogens with one attached hydrogen (secondary N) is 2. The van der Waals surface area contributed by atoms with Crippen molar-refractivity contribution in [2.24, 2.45) is 0 Å². The van der Waals surface area contributed by atoms with Crippen molar-refractivity contribution in [3.8, 4) is 11.8 Å². The SMILES string of the molecule is Cc1cc(O)c(NCC(=O)N2CCNC(C#N)C2)cc1C. The first-order valence-electron chi connectivity index (χ1n) is 6.96. The lowest BCUT2D eigenvalue weighted by molar-refractivity contribution is -0.130. The summed E-state index contributed by atoms with van der Waals surface area (Å²) < 4.78 is 0. The molecule has 1 aromatic carbocycles. The molecule has 3 N–H and O–H groups in total. The number of rotatable bonds is 3. The van der Waals surface area contributed by atoms with E-state index < -0.39 is 0 Å². The predicted molar refractivity (Wildman–Crippen MR) is 80.1 cm³/mol. The van der Waals surface area contributed by atoms with Crippen molar-refractivity contribution in [2.75, 3.05) is 31.5 Å². The third-order valence-electron chi connectivity index (χ3n) is 3.73. The van der Waals surface area contributed by atoms with Gasteiger partial charge in [0.25, 0.3) is 0 Å². The number of benzene rings is 1. The number of phenols is 1. The van der Waals surface area contributed by atoms with E-state index >= 15 is 0 Å². The number of aryl methyl sites for hydroxylation is 2. The summed E-state index contributed by atoms with van der Waals surface area (Å²) in [5.41, 5.74) is 2.61. The number of hydrogen-bond acceptors (Lipinski definition) is 5. The molecule has 1 saturated heterocycles. The van der Waals surface area contributed by atoms with E-state index in [0.29, 0.717) is 25.3 Å². The zero-order valence-electron chi connectivity index (χ0n) is 12.3. The monoisotopic (exact) mass is 288 g/mol. The fourth-order valence-corrected chi connectivity index (χ4v) is 2.29. The molecule has 6 heteroatoms. The molecular weight excluding hydrogens is 268 g/mol. The molecule has 1 atom stereocenters. The Morgan fingerprint density at radius 1 is 1.52 bits per heavy atom. The van der Waals surface area contributed by atoms with Gasteiger partial charge in [-0.2, -0.15) is 5.26 Å². The molecule has 1 heterocycles. The average molecular weight is 288 g/mol. The lowest BCUT2D eigenvalue weighted by Gasteiger charge is -2.30. The van der Waals surface area contributed by atoms with E-state index in [1.165, 1.54) is 0 Å². The number of piperazine rings is 1. The molecule has 1 aliphatic rings. The highest BCUT2D eigenvalue weighted by Gasteiger charge is 2.22. The van der Waals surface area contributed by atoms with Crippen LogP contribution in [0.25, 0.3) is 0 Å². The molecule has 112 valence electrons. The second kappa shape index (κ2) is 6.46. The summed E-state index contributed by atoms with van der Waals surface area (Å²) in [5.74, 6) is 0.0653. The number of anilines is 1. The molecule has 1 unspecified atom stereocenters. The second-order valence-corrected chi connectivity index (χ2v) is 5.28. The number of carbonyl (C=O) groups excluding carboxylic acids is 1. The standard InChI is InChI=1S/C15H20N4O2/c1-10-5-13(14(20)6-11(10)2)18-8-15(21)19-4-3-17-12(7-16)9-19/h5-6,12,17-18,20H,3-4,8-9H2,1-2H3. The molecule has 0 bridgehead atoms. The third kappa shape index (κ3) is 3.64. The number of aromatic hydroxyl groups is 1. The largest absolute Gasteiger partial charge is 0.506 e. The zero-order valence-corrected chi connectivity index (χ0v) is 12.3. The van der Waals surface area contributed by atoms with Crippen molar-refractivity contribution in [3.63, 3.8) is 0 Å². The summed E-state index contributed by atoms with van der Waals surface area (Å²) in [6, 6.07) is 5.32. The van der Waals surface area contributed by atoms with Gasteiger partial charge in [-0.3, -0.25) is 10.1 Å². The fraction of sp³-hybridized carbons (Fsp3) is 0.467. The zero-order chi connectivity index (χ0) is 15.4. The van der Waals surface area contributed by atoms with Crippen LogP contribution in [0.3, 0.4) is 0 Å². The number of amides is 1. The van der Waals surface area contributed by atoms with E-state index in [-0.39, 0.29) is 24.2 Å². The Kier molecular flexibility index (Phi) is 4.66. The summed E-state index contributed by atoms with van der Waals surface area (Å²) >= 11 is 0. The van der Waals surface area contributed by atoms with Gasteiger partial charge >= 0.3 is 0 Å². The molecular formula is C15H20N4O2. The molecule has 1 aromatic rings. The molecule has 21 heavy (non-hydrogen) atoms. The molecule has 1 amide bonds. The maximum absolute atomic E-state index is 12.1. The molecule has 0 aliphatic carbocycles. The average Bonchev–Trinajstić information content (AvgIpc) is 2.49. The summed E-state index contributed by atoms with van der Waals surface area (Å²) in [5, 5.41) is 24.8. The van der Waals surface area contributed by atoms with Gasteiger partial charge in [-0.25, -0.2) is 0 Å². The van der Waals surface area contributed by atoms with Crippen LogP contribution < -0.4 is 10.6 Å². The van der Waals surface area contributed by atoms with Gasteiger partial charge in [0.1, 0.15) is 11.8 Å². The maximum Gasteiger partial charge on any atom is 0.242 e. The second-order valence-electron chi connectivity index (χ2n) is 5.28. The number of nitriles is 1. The lowest BCUT2D eigenvalue weighted by atomic mass is 10.1. The Labute approximate surface area is 124 Å². The first kappa shape index (κ1) is 15.1. The van der Waals surface area contributed by atoms with Crippen molar-refractivity contribution in [1.82, 2.24) is 10.2 Å². The van der Waals surface area contributed by atoms with Crippen LogP contribution in [0.4, 0.5) is 5.69 Å². The number of nitrogens with zero attached hydrogens (tertiary/aromatic N) is 2. The van der Waals surface area contributed by atoms with Crippen LogP contribution in [0.15, 0.2) is 12.1 Å². The van der Waals surface area contributed by atoms with Gasteiger partial charge in [0, 0.05) is 19.6 Å². The highest BCUT2D eigenvalue weighted by atomic mass is 16.3. The summed E-state index contributed by atoms with van der Waals surface area (Å²) in [4.78, 5) is 13.8. The fourth-order valence-electron chi connectivity index (χ4n) is 2.29. The molecule has 6 nitrogen and oxygen atoms in total. The van der Waals surface area contributed by atoms with Crippen LogP contribution in [0.1, 0.15) is 11.1 Å². The van der Waals surface area contributed by atoms with E-state index in [0.717, 1.165) is 11.1 Å². The smallest absolute Gasteiger partial charge is 0.242 e. The van der Waals surface area contributed by atoms with Gasteiger partial charge in [-0.15, -0.1) is 0 Å².